The highest BCUT2D eigenvalue weighted by molar-refractivity contribution is 5.77. The number of aliphatic carboxylic acids is 1. The number of hydrogen-bond donors (Lipinski definition) is 3. The molecule has 1 atom stereocenters. The summed E-state index contributed by atoms with van der Waals surface area (Å²) in [6.07, 6.45) is 4.34. The maximum Gasteiger partial charge on any atom is 0.326 e. The highest BCUT2D eigenvalue weighted by atomic mass is 16.4. The maximum absolute atomic E-state index is 11.2. The third kappa shape index (κ3) is 4.39. The van der Waals surface area contributed by atoms with Crippen LogP contribution in [0.25, 0.3) is 0 Å². The van der Waals surface area contributed by atoms with Crippen molar-refractivity contribution in [1.29, 1.82) is 0 Å². The molecule has 1 aliphatic rings. The Morgan fingerprint density at radius 1 is 1.42 bits per heavy atom. The third-order valence-electron chi connectivity index (χ3n) is 2.92. The fourth-order valence-electron chi connectivity index (χ4n) is 1.82. The smallest absolute Gasteiger partial charge is 0.326 e. The van der Waals surface area contributed by atoms with E-state index in [1.165, 1.54) is 6.33 Å². The van der Waals surface area contributed by atoms with Crippen LogP contribution in [-0.4, -0.2) is 33.1 Å². The van der Waals surface area contributed by atoms with Crippen LogP contribution in [0.4, 0.5) is 11.6 Å². The topological polar surface area (TPSA) is 87.1 Å². The van der Waals surface area contributed by atoms with Crippen LogP contribution in [0.1, 0.15) is 33.1 Å². The number of carboxylic acid groups (broad SMARTS) is 1. The van der Waals surface area contributed by atoms with E-state index in [2.05, 4.69) is 20.6 Å². The van der Waals surface area contributed by atoms with E-state index in [-0.39, 0.29) is 0 Å². The number of hydrogen-bond acceptors (Lipinski definition) is 5. The van der Waals surface area contributed by atoms with Crippen LogP contribution >= 0.6 is 0 Å². The summed E-state index contributed by atoms with van der Waals surface area (Å²) in [5.74, 6) is 0.739. The van der Waals surface area contributed by atoms with Gasteiger partial charge in [-0.05, 0) is 25.2 Å². The molecule has 0 radical (unpaired) electrons. The second-order valence-electron chi connectivity index (χ2n) is 5.37. The molecule has 1 aromatic rings. The van der Waals surface area contributed by atoms with E-state index in [1.54, 1.807) is 6.07 Å². The molecular weight excluding hydrogens is 244 g/mol. The lowest BCUT2D eigenvalue weighted by Gasteiger charge is -2.17. The summed E-state index contributed by atoms with van der Waals surface area (Å²) in [5.41, 5.74) is 0. The molecule has 1 heterocycles. The SMILES string of the molecule is CC(C)CC(Nc1cc(NC2CC2)ncn1)C(=O)O. The number of nitrogens with zero attached hydrogens (tertiary/aromatic N) is 2. The Bertz CT molecular complexity index is 446. The Morgan fingerprint density at radius 2 is 2.11 bits per heavy atom. The van der Waals surface area contributed by atoms with Gasteiger partial charge in [0.2, 0.25) is 0 Å². The number of rotatable bonds is 7. The second-order valence-corrected chi connectivity index (χ2v) is 5.37. The van der Waals surface area contributed by atoms with Crippen molar-refractivity contribution in [2.45, 2.75) is 45.2 Å². The van der Waals surface area contributed by atoms with Crippen LogP contribution in [0.5, 0.6) is 0 Å². The molecule has 0 bridgehead atoms. The number of anilines is 2. The molecule has 2 rings (SSSR count). The molecule has 0 aromatic carbocycles. The third-order valence-corrected chi connectivity index (χ3v) is 2.92. The monoisotopic (exact) mass is 264 g/mol. The van der Waals surface area contributed by atoms with Gasteiger partial charge in [0.15, 0.2) is 0 Å². The zero-order valence-electron chi connectivity index (χ0n) is 11.3. The summed E-state index contributed by atoms with van der Waals surface area (Å²) in [5, 5.41) is 15.4. The Hall–Kier alpha value is -1.85. The molecule has 1 aliphatic carbocycles. The van der Waals surface area contributed by atoms with Crippen molar-refractivity contribution in [2.75, 3.05) is 10.6 Å². The Balaban J connectivity index is 2.00. The average Bonchev–Trinajstić information content (AvgIpc) is 3.12. The minimum Gasteiger partial charge on any atom is -0.480 e. The average molecular weight is 264 g/mol. The first-order chi connectivity index (χ1) is 9.04. The molecule has 0 saturated heterocycles. The van der Waals surface area contributed by atoms with Crippen LogP contribution in [0, 0.1) is 5.92 Å². The van der Waals surface area contributed by atoms with Gasteiger partial charge in [-0.25, -0.2) is 14.8 Å². The van der Waals surface area contributed by atoms with Gasteiger partial charge in [0, 0.05) is 12.1 Å². The normalized spacial score (nSPS) is 16.2. The highest BCUT2D eigenvalue weighted by Gasteiger charge is 2.22. The lowest BCUT2D eigenvalue weighted by molar-refractivity contribution is -0.138. The van der Waals surface area contributed by atoms with Crippen molar-refractivity contribution in [3.63, 3.8) is 0 Å². The van der Waals surface area contributed by atoms with Crippen molar-refractivity contribution in [2.24, 2.45) is 5.92 Å². The number of carboxylic acids is 1. The number of nitrogens with one attached hydrogen (secondary N) is 2. The second kappa shape index (κ2) is 5.86. The van der Waals surface area contributed by atoms with E-state index in [9.17, 15) is 9.90 Å². The summed E-state index contributed by atoms with van der Waals surface area (Å²) in [6, 6.07) is 1.64. The molecule has 104 valence electrons. The summed E-state index contributed by atoms with van der Waals surface area (Å²) < 4.78 is 0. The van der Waals surface area contributed by atoms with Gasteiger partial charge in [0.1, 0.15) is 24.0 Å². The van der Waals surface area contributed by atoms with Crippen LogP contribution in [-0.2, 0) is 4.79 Å². The molecule has 1 unspecified atom stereocenters. The van der Waals surface area contributed by atoms with Gasteiger partial charge in [0.05, 0.1) is 0 Å². The van der Waals surface area contributed by atoms with Crippen LogP contribution < -0.4 is 10.6 Å². The lowest BCUT2D eigenvalue weighted by atomic mass is 10.0. The zero-order valence-corrected chi connectivity index (χ0v) is 11.3. The summed E-state index contributed by atoms with van der Waals surface area (Å²) in [6.45, 7) is 4.00. The minimum absolute atomic E-state index is 0.305. The fraction of sp³-hybridized carbons (Fsp3) is 0.615. The van der Waals surface area contributed by atoms with Crippen molar-refractivity contribution in [3.8, 4) is 0 Å². The molecule has 3 N–H and O–H groups in total. The van der Waals surface area contributed by atoms with Crippen LogP contribution in [0.3, 0.4) is 0 Å². The van der Waals surface area contributed by atoms with Gasteiger partial charge in [-0.3, -0.25) is 0 Å². The van der Waals surface area contributed by atoms with E-state index in [0.29, 0.717) is 24.2 Å². The summed E-state index contributed by atoms with van der Waals surface area (Å²) >= 11 is 0. The zero-order chi connectivity index (χ0) is 13.8. The van der Waals surface area contributed by atoms with Gasteiger partial charge in [-0.1, -0.05) is 13.8 Å². The Kier molecular flexibility index (Phi) is 4.19. The van der Waals surface area contributed by atoms with Gasteiger partial charge in [-0.2, -0.15) is 0 Å². The molecule has 1 fully saturated rings. The van der Waals surface area contributed by atoms with Gasteiger partial charge < -0.3 is 15.7 Å². The largest absolute Gasteiger partial charge is 0.480 e. The summed E-state index contributed by atoms with van der Waals surface area (Å²) in [7, 11) is 0. The molecule has 1 saturated carbocycles. The fourth-order valence-corrected chi connectivity index (χ4v) is 1.82. The standard InChI is InChI=1S/C13H20N4O2/c1-8(2)5-10(13(18)19)17-12-6-11(14-7-15-12)16-9-3-4-9/h6-10H,3-5H2,1-2H3,(H,18,19)(H2,14,15,16,17). The molecule has 0 aliphatic heterocycles. The van der Waals surface area contributed by atoms with E-state index in [1.807, 2.05) is 13.8 Å². The minimum atomic E-state index is -0.857. The van der Waals surface area contributed by atoms with Crippen molar-refractivity contribution in [3.05, 3.63) is 12.4 Å². The quantitative estimate of drug-likeness (QED) is 0.698. The molecular formula is C13H20N4O2. The predicted molar refractivity (Wildman–Crippen MR) is 73.2 cm³/mol. The highest BCUT2D eigenvalue weighted by Crippen LogP contribution is 2.24. The molecule has 6 nitrogen and oxygen atoms in total. The summed E-state index contributed by atoms with van der Waals surface area (Å²) in [4.78, 5) is 19.4. The molecule has 1 aromatic heterocycles. The van der Waals surface area contributed by atoms with Crippen molar-refractivity contribution < 1.29 is 9.90 Å². The first kappa shape index (κ1) is 13.6. The van der Waals surface area contributed by atoms with Gasteiger partial charge in [0.25, 0.3) is 0 Å². The first-order valence-corrected chi connectivity index (χ1v) is 6.62. The number of carbonyl (C=O) groups is 1. The predicted octanol–water partition coefficient (Wildman–Crippen LogP) is 1.96. The van der Waals surface area contributed by atoms with E-state index >= 15 is 0 Å². The Morgan fingerprint density at radius 3 is 2.68 bits per heavy atom. The van der Waals surface area contributed by atoms with Gasteiger partial charge >= 0.3 is 5.97 Å². The molecule has 0 amide bonds. The van der Waals surface area contributed by atoms with Crippen LogP contribution in [0.15, 0.2) is 12.4 Å². The maximum atomic E-state index is 11.2. The lowest BCUT2D eigenvalue weighted by Crippen LogP contribution is -2.31. The number of aromatic nitrogens is 2. The molecule has 0 spiro atoms. The molecule has 6 heteroatoms. The van der Waals surface area contributed by atoms with E-state index in [4.69, 9.17) is 0 Å². The first-order valence-electron chi connectivity index (χ1n) is 6.62. The Labute approximate surface area is 112 Å². The van der Waals surface area contributed by atoms with E-state index in [0.717, 1.165) is 18.7 Å². The molecule has 19 heavy (non-hydrogen) atoms. The van der Waals surface area contributed by atoms with E-state index < -0.39 is 12.0 Å². The van der Waals surface area contributed by atoms with Gasteiger partial charge in [-0.15, -0.1) is 0 Å². The van der Waals surface area contributed by atoms with Crippen molar-refractivity contribution >= 4 is 17.6 Å². The van der Waals surface area contributed by atoms with Crippen LogP contribution in [0.2, 0.25) is 0 Å². The van der Waals surface area contributed by atoms with Crippen molar-refractivity contribution in [1.82, 2.24) is 9.97 Å².